The van der Waals surface area contributed by atoms with Gasteiger partial charge in [-0.05, 0) is 35.4 Å². The minimum atomic E-state index is 0.0674. The third kappa shape index (κ3) is 3.47. The second-order valence-electron chi connectivity index (χ2n) is 6.39. The molecule has 4 rings (SSSR count). The number of nitrogens with zero attached hydrogens (tertiary/aromatic N) is 3. The van der Waals surface area contributed by atoms with Crippen LogP contribution in [-0.4, -0.2) is 54.4 Å². The Morgan fingerprint density at radius 1 is 1.04 bits per heavy atom. The number of aliphatic hydroxyl groups is 1. The number of rotatable bonds is 5. The van der Waals surface area contributed by atoms with Crippen LogP contribution in [0, 0.1) is 0 Å². The van der Waals surface area contributed by atoms with Crippen molar-refractivity contribution in [2.75, 3.05) is 49.5 Å². The molecule has 1 aliphatic heterocycles. The monoisotopic (exact) mass is 349 g/mol. The Hall–Kier alpha value is -2.70. The summed E-state index contributed by atoms with van der Waals surface area (Å²) >= 11 is 0. The molecule has 6 nitrogen and oxygen atoms in total. The molecular formula is C20H23N5O. The average molecular weight is 349 g/mol. The second-order valence-corrected chi connectivity index (χ2v) is 6.39. The minimum Gasteiger partial charge on any atom is -0.395 e. The molecule has 0 unspecified atom stereocenters. The summed E-state index contributed by atoms with van der Waals surface area (Å²) < 4.78 is 0. The van der Waals surface area contributed by atoms with Crippen molar-refractivity contribution in [1.29, 1.82) is 0 Å². The maximum absolute atomic E-state index is 9.07. The van der Waals surface area contributed by atoms with Crippen LogP contribution < -0.4 is 15.5 Å². The molecule has 1 saturated heterocycles. The number of piperazine rings is 1. The van der Waals surface area contributed by atoms with Crippen molar-refractivity contribution in [1.82, 2.24) is 15.3 Å². The van der Waals surface area contributed by atoms with Gasteiger partial charge in [0.05, 0.1) is 12.1 Å². The fourth-order valence-corrected chi connectivity index (χ4v) is 3.36. The maximum Gasteiger partial charge on any atom is 0.137 e. The number of aromatic nitrogens is 2. The third-order valence-corrected chi connectivity index (χ3v) is 4.70. The summed E-state index contributed by atoms with van der Waals surface area (Å²) in [7, 11) is 0. The van der Waals surface area contributed by atoms with E-state index in [9.17, 15) is 0 Å². The van der Waals surface area contributed by atoms with Crippen LogP contribution in [0.1, 0.15) is 0 Å². The van der Waals surface area contributed by atoms with Crippen LogP contribution in [0.15, 0.2) is 48.8 Å². The van der Waals surface area contributed by atoms with Gasteiger partial charge in [-0.25, -0.2) is 9.97 Å². The molecule has 0 atom stereocenters. The maximum atomic E-state index is 9.07. The van der Waals surface area contributed by atoms with Gasteiger partial charge in [0.2, 0.25) is 0 Å². The van der Waals surface area contributed by atoms with E-state index in [1.54, 1.807) is 6.33 Å². The molecule has 3 N–H and O–H groups in total. The summed E-state index contributed by atoms with van der Waals surface area (Å²) in [6.07, 6.45) is 1.55. The fraction of sp³-hybridized carbons (Fsp3) is 0.300. The Morgan fingerprint density at radius 3 is 2.73 bits per heavy atom. The lowest BCUT2D eigenvalue weighted by Crippen LogP contribution is -2.43. The highest BCUT2D eigenvalue weighted by Gasteiger charge is 2.12. The first kappa shape index (κ1) is 16.8. The minimum absolute atomic E-state index is 0.0674. The predicted octanol–water partition coefficient (Wildman–Crippen LogP) is 2.11. The van der Waals surface area contributed by atoms with Crippen LogP contribution in [-0.2, 0) is 0 Å². The second kappa shape index (κ2) is 7.68. The molecule has 0 amide bonds. The topological polar surface area (TPSA) is 73.3 Å². The van der Waals surface area contributed by atoms with Crippen LogP contribution in [0.4, 0.5) is 11.5 Å². The van der Waals surface area contributed by atoms with Gasteiger partial charge in [-0.15, -0.1) is 0 Å². The smallest absolute Gasteiger partial charge is 0.137 e. The van der Waals surface area contributed by atoms with Gasteiger partial charge < -0.3 is 20.6 Å². The number of benzene rings is 2. The van der Waals surface area contributed by atoms with Crippen LogP contribution in [0.2, 0.25) is 0 Å². The molecule has 1 fully saturated rings. The highest BCUT2D eigenvalue weighted by atomic mass is 16.3. The van der Waals surface area contributed by atoms with Crippen LogP contribution in [0.3, 0.4) is 0 Å². The Kier molecular flexibility index (Phi) is 4.95. The van der Waals surface area contributed by atoms with Crippen molar-refractivity contribution in [2.24, 2.45) is 0 Å². The molecule has 1 aromatic heterocycles. The van der Waals surface area contributed by atoms with E-state index < -0.39 is 0 Å². The van der Waals surface area contributed by atoms with E-state index in [1.165, 1.54) is 11.3 Å². The molecule has 6 heteroatoms. The molecular weight excluding hydrogens is 326 g/mol. The zero-order chi connectivity index (χ0) is 17.8. The Bertz CT molecular complexity index is 892. The molecule has 0 aliphatic carbocycles. The zero-order valence-electron chi connectivity index (χ0n) is 14.7. The molecule has 2 aromatic carbocycles. The molecule has 1 aliphatic rings. The van der Waals surface area contributed by atoms with Gasteiger partial charge in [-0.3, -0.25) is 0 Å². The molecule has 134 valence electrons. The molecule has 0 radical (unpaired) electrons. The largest absolute Gasteiger partial charge is 0.395 e. The summed E-state index contributed by atoms with van der Waals surface area (Å²) in [6, 6.07) is 14.9. The molecule has 3 aromatic rings. The quantitative estimate of drug-likeness (QED) is 0.655. The Labute approximate surface area is 152 Å². The van der Waals surface area contributed by atoms with E-state index in [4.69, 9.17) is 5.11 Å². The Balaban J connectivity index is 1.70. The van der Waals surface area contributed by atoms with Crippen molar-refractivity contribution < 1.29 is 5.11 Å². The van der Waals surface area contributed by atoms with E-state index in [1.807, 2.05) is 6.07 Å². The highest BCUT2D eigenvalue weighted by Crippen LogP contribution is 2.29. The lowest BCUT2D eigenvalue weighted by atomic mass is 10.0. The number of nitrogens with one attached hydrogen (secondary N) is 2. The molecule has 26 heavy (non-hydrogen) atoms. The van der Waals surface area contributed by atoms with Crippen LogP contribution >= 0.6 is 0 Å². The molecule has 2 heterocycles. The number of hydrogen-bond donors (Lipinski definition) is 3. The van der Waals surface area contributed by atoms with Crippen molar-refractivity contribution in [3.8, 4) is 11.1 Å². The first-order chi connectivity index (χ1) is 12.8. The van der Waals surface area contributed by atoms with Crippen LogP contribution in [0.25, 0.3) is 22.0 Å². The predicted molar refractivity (Wildman–Crippen MR) is 106 cm³/mol. The van der Waals surface area contributed by atoms with E-state index in [0.717, 1.165) is 48.5 Å². The lowest BCUT2D eigenvalue weighted by molar-refractivity contribution is 0.311. The van der Waals surface area contributed by atoms with Crippen LogP contribution in [0.5, 0.6) is 0 Å². The summed E-state index contributed by atoms with van der Waals surface area (Å²) in [4.78, 5) is 11.1. The van der Waals surface area contributed by atoms with Crippen molar-refractivity contribution in [3.63, 3.8) is 0 Å². The molecule has 0 saturated carbocycles. The summed E-state index contributed by atoms with van der Waals surface area (Å²) in [5.41, 5.74) is 4.46. The van der Waals surface area contributed by atoms with Gasteiger partial charge in [0.15, 0.2) is 0 Å². The first-order valence-corrected chi connectivity index (χ1v) is 9.01. The summed E-state index contributed by atoms with van der Waals surface area (Å²) in [5, 5.41) is 16.6. The highest BCUT2D eigenvalue weighted by molar-refractivity contribution is 5.92. The fourth-order valence-electron chi connectivity index (χ4n) is 3.36. The average Bonchev–Trinajstić information content (AvgIpc) is 2.72. The lowest BCUT2D eigenvalue weighted by Gasteiger charge is -2.29. The van der Waals surface area contributed by atoms with Crippen molar-refractivity contribution in [2.45, 2.75) is 0 Å². The van der Waals surface area contributed by atoms with Crippen molar-refractivity contribution in [3.05, 3.63) is 48.8 Å². The number of aliphatic hydroxyl groups excluding tert-OH is 1. The summed E-state index contributed by atoms with van der Waals surface area (Å²) in [5.74, 6) is 0.754. The summed E-state index contributed by atoms with van der Waals surface area (Å²) in [6.45, 7) is 4.65. The van der Waals surface area contributed by atoms with Gasteiger partial charge in [-0.1, -0.05) is 18.2 Å². The number of fused-ring (bicyclic) bond motifs is 1. The third-order valence-electron chi connectivity index (χ3n) is 4.70. The molecule has 0 spiro atoms. The SMILES string of the molecule is OCCNc1ncnc2ccc(-c3cccc(N4CCNCC4)c3)cc12. The van der Waals surface area contributed by atoms with E-state index >= 15 is 0 Å². The van der Waals surface area contributed by atoms with Gasteiger partial charge in [0.25, 0.3) is 0 Å². The van der Waals surface area contributed by atoms with Crippen molar-refractivity contribution >= 4 is 22.4 Å². The van der Waals surface area contributed by atoms with Gasteiger partial charge >= 0.3 is 0 Å². The normalized spacial score (nSPS) is 14.6. The van der Waals surface area contributed by atoms with E-state index in [0.29, 0.717) is 6.54 Å². The zero-order valence-corrected chi connectivity index (χ0v) is 14.7. The van der Waals surface area contributed by atoms with Gasteiger partial charge in [0, 0.05) is 43.8 Å². The standard InChI is InChI=1S/C20H23N5O/c26-11-8-22-20-18-13-16(4-5-19(18)23-14-24-20)15-2-1-3-17(12-15)25-9-6-21-7-10-25/h1-5,12-14,21,26H,6-11H2,(H,22,23,24). The van der Waals surface area contributed by atoms with E-state index in [-0.39, 0.29) is 6.61 Å². The molecule has 0 bridgehead atoms. The van der Waals surface area contributed by atoms with E-state index in [2.05, 4.69) is 61.9 Å². The Morgan fingerprint density at radius 2 is 1.88 bits per heavy atom. The number of hydrogen-bond acceptors (Lipinski definition) is 6. The number of anilines is 2. The van der Waals surface area contributed by atoms with Gasteiger partial charge in [-0.2, -0.15) is 0 Å². The van der Waals surface area contributed by atoms with Gasteiger partial charge in [0.1, 0.15) is 12.1 Å². The first-order valence-electron chi connectivity index (χ1n) is 9.01.